The van der Waals surface area contributed by atoms with Gasteiger partial charge in [-0.15, -0.1) is 0 Å². The smallest absolute Gasteiger partial charge is 0.311 e. The Labute approximate surface area is 131 Å². The van der Waals surface area contributed by atoms with Crippen LogP contribution in [0.4, 0.5) is 0 Å². The third-order valence-corrected chi connectivity index (χ3v) is 3.88. The average molecular weight is 298 g/mol. The van der Waals surface area contributed by atoms with E-state index >= 15 is 0 Å². The van der Waals surface area contributed by atoms with E-state index in [0.717, 1.165) is 28.0 Å². The molecule has 0 aliphatic rings. The molecule has 0 fully saturated rings. The Kier molecular flexibility index (Phi) is 5.21. The normalized spacial score (nSPS) is 12.0. The molecule has 1 atom stereocenters. The Morgan fingerprint density at radius 1 is 1.14 bits per heavy atom. The van der Waals surface area contributed by atoms with Crippen LogP contribution in [-0.4, -0.2) is 17.7 Å². The van der Waals surface area contributed by atoms with Crippen LogP contribution in [0.3, 0.4) is 0 Å². The summed E-state index contributed by atoms with van der Waals surface area (Å²) in [6, 6.07) is 13.6. The summed E-state index contributed by atoms with van der Waals surface area (Å²) in [4.78, 5) is 11.7. The predicted molar refractivity (Wildman–Crippen MR) is 87.6 cm³/mol. The molecule has 2 aromatic carbocycles. The summed E-state index contributed by atoms with van der Waals surface area (Å²) >= 11 is 0. The first kappa shape index (κ1) is 16.1. The first-order valence-corrected chi connectivity index (χ1v) is 7.53. The topological polar surface area (TPSA) is 46.5 Å². The summed E-state index contributed by atoms with van der Waals surface area (Å²) in [5.41, 5.74) is 3.98. The van der Waals surface area contributed by atoms with Crippen LogP contribution in [0.2, 0.25) is 0 Å². The molecule has 0 amide bonds. The fraction of sp³-hybridized carbons (Fsp3) is 0.316. The van der Waals surface area contributed by atoms with E-state index in [4.69, 9.17) is 4.74 Å². The second kappa shape index (κ2) is 7.12. The molecule has 3 heteroatoms. The van der Waals surface area contributed by atoms with E-state index in [1.807, 2.05) is 63.2 Å². The highest BCUT2D eigenvalue weighted by molar-refractivity contribution is 5.76. The number of rotatable bonds is 6. The number of benzene rings is 2. The molecule has 2 aromatic rings. The Morgan fingerprint density at radius 3 is 2.45 bits per heavy atom. The van der Waals surface area contributed by atoms with Crippen molar-refractivity contribution >= 4 is 5.97 Å². The average Bonchev–Trinajstić information content (AvgIpc) is 2.48. The molecular formula is C19H22O3. The predicted octanol–water partition coefficient (Wildman–Crippen LogP) is 4.11. The molecule has 0 saturated heterocycles. The molecule has 2 rings (SSSR count). The monoisotopic (exact) mass is 298 g/mol. The minimum Gasteiger partial charge on any atom is -0.494 e. The molecule has 22 heavy (non-hydrogen) atoms. The summed E-state index contributed by atoms with van der Waals surface area (Å²) < 4.78 is 5.52. The van der Waals surface area contributed by atoms with Crippen LogP contribution in [0, 0.1) is 13.8 Å². The van der Waals surface area contributed by atoms with Gasteiger partial charge in [-0.05, 0) is 55.5 Å². The number of aliphatic carboxylic acids is 1. The van der Waals surface area contributed by atoms with Crippen LogP contribution >= 0.6 is 0 Å². The van der Waals surface area contributed by atoms with E-state index in [1.165, 1.54) is 0 Å². The lowest BCUT2D eigenvalue weighted by Gasteiger charge is -2.16. The lowest BCUT2D eigenvalue weighted by molar-refractivity contribution is -0.138. The van der Waals surface area contributed by atoms with E-state index < -0.39 is 11.9 Å². The quantitative estimate of drug-likeness (QED) is 0.873. The maximum Gasteiger partial charge on any atom is 0.311 e. The molecular weight excluding hydrogens is 276 g/mol. The van der Waals surface area contributed by atoms with Gasteiger partial charge in [-0.1, -0.05) is 36.4 Å². The molecule has 0 heterocycles. The first-order chi connectivity index (χ1) is 10.5. The van der Waals surface area contributed by atoms with Gasteiger partial charge in [0.05, 0.1) is 12.5 Å². The van der Waals surface area contributed by atoms with E-state index in [1.54, 1.807) is 0 Å². The minimum absolute atomic E-state index is 0.495. The number of carboxylic acids is 1. The SMILES string of the molecule is CCOc1ccc(C(Cc2ccccc2C)C(=O)O)cc1C. The van der Waals surface area contributed by atoms with Gasteiger partial charge >= 0.3 is 5.97 Å². The van der Waals surface area contributed by atoms with Crippen LogP contribution in [0.25, 0.3) is 0 Å². The van der Waals surface area contributed by atoms with E-state index in [2.05, 4.69) is 0 Å². The fourth-order valence-electron chi connectivity index (χ4n) is 2.61. The second-order valence-corrected chi connectivity index (χ2v) is 5.48. The van der Waals surface area contributed by atoms with Gasteiger partial charge in [-0.25, -0.2) is 0 Å². The van der Waals surface area contributed by atoms with Gasteiger partial charge in [0.25, 0.3) is 0 Å². The Morgan fingerprint density at radius 2 is 1.86 bits per heavy atom. The zero-order valence-corrected chi connectivity index (χ0v) is 13.3. The first-order valence-electron chi connectivity index (χ1n) is 7.53. The van der Waals surface area contributed by atoms with Crippen molar-refractivity contribution in [3.05, 3.63) is 64.7 Å². The Hall–Kier alpha value is -2.29. The van der Waals surface area contributed by atoms with Gasteiger partial charge in [-0.2, -0.15) is 0 Å². The third-order valence-electron chi connectivity index (χ3n) is 3.88. The van der Waals surface area contributed by atoms with Crippen LogP contribution in [-0.2, 0) is 11.2 Å². The Balaban J connectivity index is 2.31. The summed E-state index contributed by atoms with van der Waals surface area (Å²) in [7, 11) is 0. The number of ether oxygens (including phenoxy) is 1. The van der Waals surface area contributed by atoms with Gasteiger partial charge in [0.15, 0.2) is 0 Å². The van der Waals surface area contributed by atoms with Crippen LogP contribution in [0.5, 0.6) is 5.75 Å². The van der Waals surface area contributed by atoms with Crippen molar-refractivity contribution < 1.29 is 14.6 Å². The van der Waals surface area contributed by atoms with Crippen molar-refractivity contribution in [3.8, 4) is 5.75 Å². The van der Waals surface area contributed by atoms with Crippen LogP contribution in [0.15, 0.2) is 42.5 Å². The van der Waals surface area contributed by atoms with Gasteiger partial charge in [0, 0.05) is 0 Å². The molecule has 0 spiro atoms. The van der Waals surface area contributed by atoms with E-state index in [-0.39, 0.29) is 0 Å². The van der Waals surface area contributed by atoms with Crippen molar-refractivity contribution in [2.45, 2.75) is 33.1 Å². The van der Waals surface area contributed by atoms with Gasteiger partial charge < -0.3 is 9.84 Å². The largest absolute Gasteiger partial charge is 0.494 e. The van der Waals surface area contributed by atoms with Crippen molar-refractivity contribution in [2.75, 3.05) is 6.61 Å². The number of hydrogen-bond donors (Lipinski definition) is 1. The number of carbonyl (C=O) groups is 1. The number of aryl methyl sites for hydroxylation is 2. The summed E-state index contributed by atoms with van der Waals surface area (Å²) in [5, 5.41) is 9.61. The molecule has 0 aliphatic carbocycles. The highest BCUT2D eigenvalue weighted by Crippen LogP contribution is 2.27. The number of carboxylic acid groups (broad SMARTS) is 1. The molecule has 0 aliphatic heterocycles. The lowest BCUT2D eigenvalue weighted by Crippen LogP contribution is -2.15. The summed E-state index contributed by atoms with van der Waals surface area (Å²) in [6.07, 6.45) is 0.495. The van der Waals surface area contributed by atoms with E-state index in [9.17, 15) is 9.90 Å². The van der Waals surface area contributed by atoms with Crippen molar-refractivity contribution in [2.24, 2.45) is 0 Å². The second-order valence-electron chi connectivity index (χ2n) is 5.48. The summed E-state index contributed by atoms with van der Waals surface area (Å²) in [5.74, 6) is -0.534. The zero-order valence-electron chi connectivity index (χ0n) is 13.3. The molecule has 116 valence electrons. The van der Waals surface area contributed by atoms with Crippen molar-refractivity contribution in [3.63, 3.8) is 0 Å². The van der Waals surface area contributed by atoms with Gasteiger partial charge in [0.2, 0.25) is 0 Å². The molecule has 0 bridgehead atoms. The highest BCUT2D eigenvalue weighted by Gasteiger charge is 2.21. The zero-order chi connectivity index (χ0) is 16.1. The molecule has 0 aromatic heterocycles. The minimum atomic E-state index is -0.799. The van der Waals surface area contributed by atoms with E-state index in [0.29, 0.717) is 13.0 Å². The summed E-state index contributed by atoms with van der Waals surface area (Å²) in [6.45, 7) is 6.50. The maximum absolute atomic E-state index is 11.7. The van der Waals surface area contributed by atoms with Gasteiger partial charge in [0.1, 0.15) is 5.75 Å². The molecule has 1 N–H and O–H groups in total. The fourth-order valence-corrected chi connectivity index (χ4v) is 2.61. The molecule has 3 nitrogen and oxygen atoms in total. The third kappa shape index (κ3) is 3.67. The highest BCUT2D eigenvalue weighted by atomic mass is 16.5. The Bertz CT molecular complexity index is 661. The van der Waals surface area contributed by atoms with Gasteiger partial charge in [-0.3, -0.25) is 4.79 Å². The standard InChI is InChI=1S/C19H22O3/c1-4-22-18-10-9-16(11-14(18)3)17(19(20)21)12-15-8-6-5-7-13(15)2/h5-11,17H,4,12H2,1-3H3,(H,20,21). The van der Waals surface area contributed by atoms with Crippen LogP contribution < -0.4 is 4.74 Å². The lowest BCUT2D eigenvalue weighted by atomic mass is 9.89. The number of hydrogen-bond acceptors (Lipinski definition) is 2. The molecule has 1 unspecified atom stereocenters. The maximum atomic E-state index is 11.7. The van der Waals surface area contributed by atoms with Crippen LogP contribution in [0.1, 0.15) is 35.1 Å². The van der Waals surface area contributed by atoms with Crippen molar-refractivity contribution in [1.29, 1.82) is 0 Å². The molecule has 0 radical (unpaired) electrons. The van der Waals surface area contributed by atoms with Crippen molar-refractivity contribution in [1.82, 2.24) is 0 Å². The molecule has 0 saturated carbocycles.